The number of rotatable bonds is 6. The summed E-state index contributed by atoms with van der Waals surface area (Å²) in [6.07, 6.45) is 3.67. The molecule has 1 atom stereocenters. The van der Waals surface area contributed by atoms with Crippen molar-refractivity contribution in [1.29, 1.82) is 0 Å². The minimum atomic E-state index is -3.77. The lowest BCUT2D eigenvalue weighted by Gasteiger charge is -2.32. The van der Waals surface area contributed by atoms with E-state index in [9.17, 15) is 13.2 Å². The molecule has 1 N–H and O–H groups in total. The molecule has 4 rings (SSSR count). The van der Waals surface area contributed by atoms with Crippen LogP contribution < -0.4 is 14.4 Å². The summed E-state index contributed by atoms with van der Waals surface area (Å²) in [5.41, 5.74) is 2.14. The molecular formula is C22H26N2O4S. The van der Waals surface area contributed by atoms with Crippen molar-refractivity contribution >= 4 is 27.3 Å². The molecule has 0 aromatic heterocycles. The maximum Gasteiger partial charge on any atom is 0.262 e. The zero-order valence-electron chi connectivity index (χ0n) is 16.7. The highest BCUT2D eigenvalue weighted by Crippen LogP contribution is 2.38. The highest BCUT2D eigenvalue weighted by molar-refractivity contribution is 7.92. The fraction of sp³-hybridized carbons (Fsp3) is 0.409. The molecule has 1 aliphatic heterocycles. The summed E-state index contributed by atoms with van der Waals surface area (Å²) in [6, 6.07) is 12.0. The standard InChI is InChI=1S/C22H26N2O4S/c1-3-28-21-10-5-4-9-19(21)23-29(26,27)18-11-12-20-17(14-18)13-15(2)24(20)22(25)16-7-6-8-16/h4-5,9-12,14-16,23H,3,6-8,13H2,1-2H3/t15-/m1/s1. The summed E-state index contributed by atoms with van der Waals surface area (Å²) in [5, 5.41) is 0. The minimum absolute atomic E-state index is 0.0442. The van der Waals surface area contributed by atoms with Crippen molar-refractivity contribution in [3.8, 4) is 5.75 Å². The van der Waals surface area contributed by atoms with Crippen molar-refractivity contribution < 1.29 is 17.9 Å². The molecule has 0 saturated heterocycles. The van der Waals surface area contributed by atoms with Crippen molar-refractivity contribution in [2.24, 2.45) is 5.92 Å². The van der Waals surface area contributed by atoms with Gasteiger partial charge in [-0.15, -0.1) is 0 Å². The summed E-state index contributed by atoms with van der Waals surface area (Å²) >= 11 is 0. The Bertz CT molecular complexity index is 1030. The van der Waals surface area contributed by atoms with Gasteiger partial charge in [0.25, 0.3) is 10.0 Å². The zero-order valence-corrected chi connectivity index (χ0v) is 17.5. The number of nitrogens with zero attached hydrogens (tertiary/aromatic N) is 1. The number of para-hydroxylation sites is 2. The van der Waals surface area contributed by atoms with E-state index in [-0.39, 0.29) is 22.8 Å². The van der Waals surface area contributed by atoms with Crippen LogP contribution in [0.5, 0.6) is 5.75 Å². The number of anilines is 2. The first-order chi connectivity index (χ1) is 13.9. The molecule has 0 unspecified atom stereocenters. The van der Waals surface area contributed by atoms with E-state index in [4.69, 9.17) is 4.74 Å². The molecule has 2 aromatic rings. The fourth-order valence-electron chi connectivity index (χ4n) is 4.00. The van der Waals surface area contributed by atoms with Crippen LogP contribution in [-0.4, -0.2) is 27.0 Å². The van der Waals surface area contributed by atoms with Crippen molar-refractivity contribution in [3.05, 3.63) is 48.0 Å². The molecule has 1 saturated carbocycles. The summed E-state index contributed by atoms with van der Waals surface area (Å²) in [4.78, 5) is 14.8. The van der Waals surface area contributed by atoms with Crippen LogP contribution in [0.15, 0.2) is 47.4 Å². The molecule has 7 heteroatoms. The van der Waals surface area contributed by atoms with Gasteiger partial charge in [0.2, 0.25) is 5.91 Å². The predicted octanol–water partition coefficient (Wildman–Crippen LogP) is 3.96. The Kier molecular flexibility index (Phi) is 5.25. The Morgan fingerprint density at radius 1 is 1.21 bits per heavy atom. The molecule has 6 nitrogen and oxygen atoms in total. The molecule has 1 aliphatic carbocycles. The number of hydrogen-bond donors (Lipinski definition) is 1. The van der Waals surface area contributed by atoms with Gasteiger partial charge in [0.05, 0.1) is 17.2 Å². The van der Waals surface area contributed by atoms with E-state index in [2.05, 4.69) is 4.72 Å². The normalized spacial score (nSPS) is 18.8. The highest BCUT2D eigenvalue weighted by atomic mass is 32.2. The first-order valence-electron chi connectivity index (χ1n) is 10.1. The Morgan fingerprint density at radius 2 is 1.97 bits per heavy atom. The van der Waals surface area contributed by atoms with Gasteiger partial charge in [-0.1, -0.05) is 18.6 Å². The number of nitrogens with one attached hydrogen (secondary N) is 1. The molecule has 0 spiro atoms. The van der Waals surface area contributed by atoms with E-state index in [1.807, 2.05) is 18.7 Å². The second-order valence-corrected chi connectivity index (χ2v) is 9.40. The molecule has 2 aliphatic rings. The maximum atomic E-state index is 13.0. The van der Waals surface area contributed by atoms with E-state index in [1.54, 1.807) is 42.5 Å². The monoisotopic (exact) mass is 414 g/mol. The minimum Gasteiger partial charge on any atom is -0.492 e. The van der Waals surface area contributed by atoms with Gasteiger partial charge in [-0.3, -0.25) is 9.52 Å². The lowest BCUT2D eigenvalue weighted by Crippen LogP contribution is -2.42. The molecule has 1 heterocycles. The summed E-state index contributed by atoms with van der Waals surface area (Å²) < 4.78 is 34.1. The molecule has 0 bridgehead atoms. The van der Waals surface area contributed by atoms with Crippen molar-refractivity contribution in [2.45, 2.75) is 50.5 Å². The van der Waals surface area contributed by atoms with Crippen LogP contribution in [0, 0.1) is 5.92 Å². The van der Waals surface area contributed by atoms with Gasteiger partial charge in [0.15, 0.2) is 0 Å². The average molecular weight is 415 g/mol. The largest absolute Gasteiger partial charge is 0.492 e. The molecular weight excluding hydrogens is 388 g/mol. The summed E-state index contributed by atoms with van der Waals surface area (Å²) in [5.74, 6) is 0.774. The average Bonchev–Trinajstić information content (AvgIpc) is 2.96. The molecule has 1 amide bonds. The lowest BCUT2D eigenvalue weighted by atomic mass is 9.84. The van der Waals surface area contributed by atoms with Crippen molar-refractivity contribution in [3.63, 3.8) is 0 Å². The number of sulfonamides is 1. The zero-order chi connectivity index (χ0) is 20.6. The highest BCUT2D eigenvalue weighted by Gasteiger charge is 2.37. The number of ether oxygens (including phenoxy) is 1. The van der Waals surface area contributed by atoms with Gasteiger partial charge in [-0.25, -0.2) is 8.42 Å². The number of amides is 1. The smallest absolute Gasteiger partial charge is 0.262 e. The van der Waals surface area contributed by atoms with E-state index < -0.39 is 10.0 Å². The third-order valence-corrected chi connectivity index (χ3v) is 7.06. The molecule has 2 aromatic carbocycles. The first kappa shape index (κ1) is 19.8. The number of fused-ring (bicyclic) bond motifs is 1. The number of benzene rings is 2. The Hall–Kier alpha value is -2.54. The fourth-order valence-corrected chi connectivity index (χ4v) is 5.12. The van der Waals surface area contributed by atoms with E-state index >= 15 is 0 Å². The van der Waals surface area contributed by atoms with Crippen LogP contribution in [0.1, 0.15) is 38.7 Å². The van der Waals surface area contributed by atoms with Crippen LogP contribution in [0.4, 0.5) is 11.4 Å². The Balaban J connectivity index is 1.60. The Morgan fingerprint density at radius 3 is 2.66 bits per heavy atom. The van der Waals surface area contributed by atoms with Gasteiger partial charge >= 0.3 is 0 Å². The number of carbonyl (C=O) groups excluding carboxylic acids is 1. The second-order valence-electron chi connectivity index (χ2n) is 7.71. The van der Waals surface area contributed by atoms with Crippen molar-refractivity contribution in [1.82, 2.24) is 0 Å². The second kappa shape index (κ2) is 7.71. The first-order valence-corrected chi connectivity index (χ1v) is 11.6. The lowest BCUT2D eigenvalue weighted by molar-refractivity contribution is -0.125. The van der Waals surface area contributed by atoms with Gasteiger partial charge in [-0.05, 0) is 69.0 Å². The topological polar surface area (TPSA) is 75.7 Å². The number of carbonyl (C=O) groups is 1. The van der Waals surface area contributed by atoms with Gasteiger partial charge in [0, 0.05) is 17.6 Å². The SMILES string of the molecule is CCOc1ccccc1NS(=O)(=O)c1ccc2c(c1)C[C@@H](C)N2C(=O)C1CCC1. The molecule has 1 fully saturated rings. The number of hydrogen-bond acceptors (Lipinski definition) is 4. The van der Waals surface area contributed by atoms with E-state index in [1.165, 1.54) is 0 Å². The van der Waals surface area contributed by atoms with Gasteiger partial charge < -0.3 is 9.64 Å². The molecule has 29 heavy (non-hydrogen) atoms. The third-order valence-electron chi connectivity index (χ3n) is 5.70. The third kappa shape index (κ3) is 3.71. The molecule has 154 valence electrons. The molecule has 0 radical (unpaired) electrons. The Labute approximate surface area is 171 Å². The van der Waals surface area contributed by atoms with Crippen molar-refractivity contribution in [2.75, 3.05) is 16.2 Å². The van der Waals surface area contributed by atoms with Crippen LogP contribution in [0.2, 0.25) is 0 Å². The quantitative estimate of drug-likeness (QED) is 0.776. The summed E-state index contributed by atoms with van der Waals surface area (Å²) in [7, 11) is -3.77. The van der Waals surface area contributed by atoms with E-state index in [0.29, 0.717) is 24.5 Å². The van der Waals surface area contributed by atoms with Crippen LogP contribution in [-0.2, 0) is 21.2 Å². The maximum absolute atomic E-state index is 13.0. The summed E-state index contributed by atoms with van der Waals surface area (Å²) in [6.45, 7) is 4.31. The van der Waals surface area contributed by atoms with Crippen LogP contribution in [0.3, 0.4) is 0 Å². The van der Waals surface area contributed by atoms with E-state index in [0.717, 1.165) is 30.5 Å². The van der Waals surface area contributed by atoms with Crippen LogP contribution in [0.25, 0.3) is 0 Å². The van der Waals surface area contributed by atoms with Gasteiger partial charge in [0.1, 0.15) is 5.75 Å². The predicted molar refractivity (Wildman–Crippen MR) is 113 cm³/mol. The van der Waals surface area contributed by atoms with Gasteiger partial charge in [-0.2, -0.15) is 0 Å². The van der Waals surface area contributed by atoms with Crippen LogP contribution >= 0.6 is 0 Å².